The zero-order valence-corrected chi connectivity index (χ0v) is 19.4. The summed E-state index contributed by atoms with van der Waals surface area (Å²) in [4.78, 5) is 33.0. The van der Waals surface area contributed by atoms with E-state index in [9.17, 15) is 27.9 Å². The van der Waals surface area contributed by atoms with Gasteiger partial charge in [-0.05, 0) is 36.4 Å². The molecule has 16 heteroatoms. The summed E-state index contributed by atoms with van der Waals surface area (Å²) in [5, 5.41) is 18.3. The van der Waals surface area contributed by atoms with Crippen LogP contribution in [0.2, 0.25) is 10.0 Å². The van der Waals surface area contributed by atoms with Crippen molar-refractivity contribution in [2.45, 2.75) is 25.4 Å². The van der Waals surface area contributed by atoms with Crippen molar-refractivity contribution >= 4 is 29.1 Å². The van der Waals surface area contributed by atoms with Crippen LogP contribution in [-0.4, -0.2) is 57.4 Å². The van der Waals surface area contributed by atoms with Gasteiger partial charge in [0.25, 0.3) is 5.91 Å². The van der Waals surface area contributed by atoms with Gasteiger partial charge < -0.3 is 10.8 Å². The summed E-state index contributed by atoms with van der Waals surface area (Å²) in [6.45, 7) is -1.56. The van der Waals surface area contributed by atoms with E-state index in [1.807, 2.05) is 0 Å². The van der Waals surface area contributed by atoms with E-state index in [2.05, 4.69) is 20.2 Å². The normalized spacial score (nSPS) is 12.6. The molecule has 36 heavy (non-hydrogen) atoms. The Morgan fingerprint density at radius 3 is 2.44 bits per heavy atom. The number of pyridine rings is 1. The SMILES string of the molecule is NC(=O)c1nc(Cn2nc(-c3ccc(Cl)cc3)n(C[C@H](O)C(F)(F)F)c2=O)nn1-c1ncccc1Cl. The van der Waals surface area contributed by atoms with Gasteiger partial charge in [0.05, 0.1) is 11.6 Å². The van der Waals surface area contributed by atoms with E-state index in [-0.39, 0.29) is 33.9 Å². The van der Waals surface area contributed by atoms with Gasteiger partial charge in [-0.3, -0.25) is 9.36 Å². The van der Waals surface area contributed by atoms with Gasteiger partial charge in [0.2, 0.25) is 5.82 Å². The number of aliphatic hydroxyl groups is 1. The minimum absolute atomic E-state index is 0.0414. The summed E-state index contributed by atoms with van der Waals surface area (Å²) in [6, 6.07) is 8.87. The number of carbonyl (C=O) groups excluding carboxylic acids is 1. The maximum absolute atomic E-state index is 13.0. The minimum atomic E-state index is -4.97. The number of aliphatic hydroxyl groups excluding tert-OH is 1. The van der Waals surface area contributed by atoms with Gasteiger partial charge in [-0.25, -0.2) is 19.4 Å². The van der Waals surface area contributed by atoms with Crippen molar-refractivity contribution < 1.29 is 23.1 Å². The summed E-state index contributed by atoms with van der Waals surface area (Å²) in [7, 11) is 0. The van der Waals surface area contributed by atoms with Gasteiger partial charge in [0, 0.05) is 16.8 Å². The first-order valence-corrected chi connectivity index (χ1v) is 10.8. The van der Waals surface area contributed by atoms with Crippen LogP contribution in [0.4, 0.5) is 13.2 Å². The van der Waals surface area contributed by atoms with Crippen LogP contribution in [0.5, 0.6) is 0 Å². The van der Waals surface area contributed by atoms with Crippen molar-refractivity contribution in [2.75, 3.05) is 0 Å². The number of nitrogens with two attached hydrogens (primary N) is 1. The monoisotopic (exact) mass is 542 g/mol. The third-order valence-corrected chi connectivity index (χ3v) is 5.41. The lowest BCUT2D eigenvalue weighted by Crippen LogP contribution is -2.37. The first-order chi connectivity index (χ1) is 17.0. The Bertz CT molecular complexity index is 1480. The van der Waals surface area contributed by atoms with Crippen molar-refractivity contribution in [1.29, 1.82) is 0 Å². The van der Waals surface area contributed by atoms with E-state index in [1.54, 1.807) is 6.07 Å². The maximum Gasteiger partial charge on any atom is 0.416 e. The average molecular weight is 543 g/mol. The quantitative estimate of drug-likeness (QED) is 0.363. The molecule has 0 bridgehead atoms. The van der Waals surface area contributed by atoms with Crippen molar-refractivity contribution in [1.82, 2.24) is 34.1 Å². The van der Waals surface area contributed by atoms with E-state index >= 15 is 0 Å². The summed E-state index contributed by atoms with van der Waals surface area (Å²) in [5.41, 5.74) is 4.66. The fraction of sp³-hybridized carbons (Fsp3) is 0.200. The van der Waals surface area contributed by atoms with E-state index in [1.165, 1.54) is 36.5 Å². The van der Waals surface area contributed by atoms with Crippen LogP contribution in [0, 0.1) is 0 Å². The van der Waals surface area contributed by atoms with E-state index in [0.717, 1.165) is 9.36 Å². The first kappa shape index (κ1) is 25.3. The van der Waals surface area contributed by atoms with Crippen molar-refractivity contribution in [3.63, 3.8) is 0 Å². The van der Waals surface area contributed by atoms with Crippen LogP contribution in [-0.2, 0) is 13.1 Å². The predicted octanol–water partition coefficient (Wildman–Crippen LogP) is 2.06. The molecule has 0 saturated heterocycles. The molecule has 0 spiro atoms. The number of benzene rings is 1. The van der Waals surface area contributed by atoms with Crippen LogP contribution >= 0.6 is 23.2 Å². The zero-order valence-electron chi connectivity index (χ0n) is 17.9. The first-order valence-electron chi connectivity index (χ1n) is 10.0. The molecule has 3 N–H and O–H groups in total. The highest BCUT2D eigenvalue weighted by Crippen LogP contribution is 2.24. The molecule has 0 radical (unpaired) electrons. The molecule has 1 atom stereocenters. The molecule has 1 aromatic carbocycles. The Labute approximate surface area is 209 Å². The topological polar surface area (TPSA) is 147 Å². The Morgan fingerprint density at radius 1 is 1.14 bits per heavy atom. The molecule has 11 nitrogen and oxygen atoms in total. The third kappa shape index (κ3) is 5.10. The fourth-order valence-electron chi connectivity index (χ4n) is 3.19. The van der Waals surface area contributed by atoms with Crippen LogP contribution < -0.4 is 11.4 Å². The number of carbonyl (C=O) groups is 1. The number of hydrogen-bond donors (Lipinski definition) is 2. The lowest BCUT2D eigenvalue weighted by molar-refractivity contribution is -0.207. The summed E-state index contributed by atoms with van der Waals surface area (Å²) in [5.74, 6) is -1.56. The fourth-order valence-corrected chi connectivity index (χ4v) is 3.52. The number of nitrogens with zero attached hydrogens (tertiary/aromatic N) is 7. The van der Waals surface area contributed by atoms with Gasteiger partial charge in [0.15, 0.2) is 23.6 Å². The maximum atomic E-state index is 13.0. The average Bonchev–Trinajstić information content (AvgIpc) is 3.36. The molecule has 0 saturated carbocycles. The molecule has 3 heterocycles. The number of halogens is 5. The second-order valence-electron chi connectivity index (χ2n) is 7.38. The summed E-state index contributed by atoms with van der Waals surface area (Å²) < 4.78 is 41.5. The molecule has 4 rings (SSSR count). The van der Waals surface area contributed by atoms with Crippen LogP contribution in [0.15, 0.2) is 47.4 Å². The number of aromatic nitrogens is 7. The second kappa shape index (κ2) is 9.72. The molecule has 0 aliphatic rings. The Kier molecular flexibility index (Phi) is 6.84. The predicted molar refractivity (Wildman–Crippen MR) is 121 cm³/mol. The lowest BCUT2D eigenvalue weighted by atomic mass is 10.2. The van der Waals surface area contributed by atoms with Crippen molar-refractivity contribution in [3.05, 3.63) is 74.8 Å². The number of alkyl halides is 3. The minimum Gasteiger partial charge on any atom is -0.382 e. The van der Waals surface area contributed by atoms with Crippen LogP contribution in [0.3, 0.4) is 0 Å². The highest BCUT2D eigenvalue weighted by molar-refractivity contribution is 6.32. The lowest BCUT2D eigenvalue weighted by Gasteiger charge is -2.15. The van der Waals surface area contributed by atoms with Crippen LogP contribution in [0.25, 0.3) is 17.2 Å². The molecular formula is C20H15Cl2F3N8O3. The Morgan fingerprint density at radius 2 is 1.83 bits per heavy atom. The highest BCUT2D eigenvalue weighted by atomic mass is 35.5. The molecule has 0 aliphatic heterocycles. The molecule has 3 aromatic heterocycles. The smallest absolute Gasteiger partial charge is 0.382 e. The second-order valence-corrected chi connectivity index (χ2v) is 8.22. The largest absolute Gasteiger partial charge is 0.416 e. The number of amides is 1. The summed E-state index contributed by atoms with van der Waals surface area (Å²) >= 11 is 12.0. The third-order valence-electron chi connectivity index (χ3n) is 4.86. The number of primary amides is 1. The molecule has 4 aromatic rings. The van der Waals surface area contributed by atoms with Gasteiger partial charge in [-0.2, -0.15) is 17.9 Å². The molecular weight excluding hydrogens is 528 g/mol. The molecule has 188 valence electrons. The van der Waals surface area contributed by atoms with E-state index in [0.29, 0.717) is 9.59 Å². The number of hydrogen-bond acceptors (Lipinski definition) is 7. The summed E-state index contributed by atoms with van der Waals surface area (Å²) in [6.07, 6.45) is -6.41. The van der Waals surface area contributed by atoms with Gasteiger partial charge in [-0.1, -0.05) is 23.2 Å². The van der Waals surface area contributed by atoms with E-state index < -0.39 is 37.0 Å². The van der Waals surface area contributed by atoms with Crippen LogP contribution in [0.1, 0.15) is 16.4 Å². The zero-order chi connectivity index (χ0) is 26.2. The number of rotatable bonds is 7. The standard InChI is InChI=1S/C20H15Cl2F3N8O3/c21-11-5-3-10(4-6-11)16-30-32(19(36)31(16)8-13(34)20(23,24)25)9-14-28-18(15(26)35)33(29-14)17-12(22)2-1-7-27-17/h1-7,13,34H,8-9H2,(H2,26,35)/t13-/m0/s1. The van der Waals surface area contributed by atoms with Gasteiger partial charge in [0.1, 0.15) is 6.54 Å². The van der Waals surface area contributed by atoms with Gasteiger partial charge in [-0.15, -0.1) is 10.2 Å². The van der Waals surface area contributed by atoms with Crippen molar-refractivity contribution in [2.24, 2.45) is 5.73 Å². The highest BCUT2D eigenvalue weighted by Gasteiger charge is 2.39. The Hall–Kier alpha value is -3.75. The molecule has 0 fully saturated rings. The molecule has 0 unspecified atom stereocenters. The molecule has 0 aliphatic carbocycles. The van der Waals surface area contributed by atoms with Crippen molar-refractivity contribution in [3.8, 4) is 17.2 Å². The van der Waals surface area contributed by atoms with Gasteiger partial charge >= 0.3 is 11.9 Å². The molecule has 1 amide bonds. The Balaban J connectivity index is 1.78. The van der Waals surface area contributed by atoms with E-state index in [4.69, 9.17) is 28.9 Å².